The molecule has 0 aromatic heterocycles. The molecule has 1 N–H and O–H groups in total. The van der Waals surface area contributed by atoms with Gasteiger partial charge in [-0.05, 0) is 6.92 Å². The third kappa shape index (κ3) is 56.1. The van der Waals surface area contributed by atoms with E-state index in [1.807, 2.05) is 0 Å². The van der Waals surface area contributed by atoms with Crippen molar-refractivity contribution in [2.45, 2.75) is 6.92 Å². The third-order valence-electron chi connectivity index (χ3n) is 0. The van der Waals surface area contributed by atoms with Crippen LogP contribution in [0.5, 0.6) is 0 Å². The minimum atomic E-state index is 0. The van der Waals surface area contributed by atoms with Crippen LogP contribution in [0.25, 0.3) is 0 Å². The first-order valence-corrected chi connectivity index (χ1v) is 1.02. The van der Waals surface area contributed by atoms with Crippen LogP contribution in [0.1, 0.15) is 6.92 Å². The van der Waals surface area contributed by atoms with E-state index >= 15 is 0 Å². The minimum absolute atomic E-state index is 0. The molecular weight excluding hydrogens is 230 g/mol. The molecule has 1 nitrogen and oxygen atoms in total. The van der Waals surface area contributed by atoms with E-state index in [1.54, 1.807) is 6.92 Å². The molecule has 0 fully saturated rings. The van der Waals surface area contributed by atoms with E-state index in [0.29, 0.717) is 0 Å². The van der Waals surface area contributed by atoms with Crippen molar-refractivity contribution in [2.75, 3.05) is 6.61 Å². The van der Waals surface area contributed by atoms with Crippen molar-refractivity contribution in [3.05, 3.63) is 0 Å². The van der Waals surface area contributed by atoms with Gasteiger partial charge in [0.2, 0.25) is 0 Å². The molecule has 38 valence electrons. The molecule has 0 amide bonds. The Labute approximate surface area is 67.3 Å². The predicted octanol–water partition coefficient (Wildman–Crippen LogP) is -6.37. The second-order valence-corrected chi connectivity index (χ2v) is 0.316. The summed E-state index contributed by atoms with van der Waals surface area (Å²) in [6.07, 6.45) is 0. The van der Waals surface area contributed by atoms with Crippen LogP contribution in [0.15, 0.2) is 0 Å². The summed E-state index contributed by atoms with van der Waals surface area (Å²) < 4.78 is 0. The molecule has 0 bridgehead atoms. The van der Waals surface area contributed by atoms with Crippen LogP contribution in [-0.2, 0) is 0 Å². The fourth-order valence-electron chi connectivity index (χ4n) is 0. The first-order chi connectivity index (χ1) is 1.41. The molecule has 0 unspecified atom stereocenters. The molecule has 4 heteroatoms. The predicted molar refractivity (Wildman–Crippen MR) is 18.5 cm³/mol. The van der Waals surface area contributed by atoms with Gasteiger partial charge in [0.05, 0.1) is 0 Å². The minimum Gasteiger partial charge on any atom is -1.00 e. The molecule has 0 saturated heterocycles. The summed E-state index contributed by atoms with van der Waals surface area (Å²) in [5.74, 6) is 0. The molecule has 0 aliphatic rings. The van der Waals surface area contributed by atoms with Crippen LogP contribution in [0, 0.1) is 0 Å². The summed E-state index contributed by atoms with van der Waals surface area (Å²) in [7, 11) is 0. The molecule has 0 heterocycles. The maximum absolute atomic E-state index is 7.57. The van der Waals surface area contributed by atoms with Gasteiger partial charge in [0.15, 0.2) is 0 Å². The SMILES string of the molecule is CCO.[Cl-].[Cl-].[Sn+2]. The van der Waals surface area contributed by atoms with Gasteiger partial charge in [0.25, 0.3) is 0 Å². The smallest absolute Gasteiger partial charge is 1.00 e. The molecule has 0 spiro atoms. The first kappa shape index (κ1) is 26.5. The van der Waals surface area contributed by atoms with Gasteiger partial charge in [-0.25, -0.2) is 0 Å². The van der Waals surface area contributed by atoms with Crippen molar-refractivity contribution in [2.24, 2.45) is 0 Å². The van der Waals surface area contributed by atoms with Crippen molar-refractivity contribution in [3.63, 3.8) is 0 Å². The van der Waals surface area contributed by atoms with E-state index in [4.69, 9.17) is 5.11 Å². The van der Waals surface area contributed by atoms with Crippen LogP contribution >= 0.6 is 0 Å². The Hall–Kier alpha value is 1.34. The standard InChI is InChI=1S/C2H6O.2ClH.Sn/c1-2-3;;;/h3H,2H2,1H3;2*1H;/q;;;+2/p-2. The van der Waals surface area contributed by atoms with E-state index < -0.39 is 0 Å². The average Bonchev–Trinajstić information content (AvgIpc) is 0.918. The molecule has 2 radical (unpaired) electrons. The normalized spacial score (nSPS) is 3.00. The topological polar surface area (TPSA) is 20.2 Å². The zero-order chi connectivity index (χ0) is 2.71. The fraction of sp³-hybridized carbons (Fsp3) is 1.00. The Morgan fingerprint density at radius 3 is 1.33 bits per heavy atom. The van der Waals surface area contributed by atoms with Crippen molar-refractivity contribution < 1.29 is 29.9 Å². The number of hydrogen-bond donors (Lipinski definition) is 1. The zero-order valence-electron chi connectivity index (χ0n) is 3.41. The van der Waals surface area contributed by atoms with E-state index in [9.17, 15) is 0 Å². The van der Waals surface area contributed by atoms with Crippen LogP contribution in [0.4, 0.5) is 0 Å². The number of rotatable bonds is 0. The zero-order valence-corrected chi connectivity index (χ0v) is 7.78. The largest absolute Gasteiger partial charge is 2.00 e. The van der Waals surface area contributed by atoms with E-state index in [2.05, 4.69) is 0 Å². The maximum atomic E-state index is 7.57. The Balaban J connectivity index is -0.00000000667. The quantitative estimate of drug-likeness (QED) is 0.414. The summed E-state index contributed by atoms with van der Waals surface area (Å²) in [6.45, 7) is 1.93. The second kappa shape index (κ2) is 33.0. The van der Waals surface area contributed by atoms with E-state index in [-0.39, 0.29) is 55.3 Å². The van der Waals surface area contributed by atoms with Crippen molar-refractivity contribution in [1.82, 2.24) is 0 Å². The van der Waals surface area contributed by atoms with Gasteiger partial charge in [-0.2, -0.15) is 0 Å². The Kier molecular flexibility index (Phi) is 146. The maximum Gasteiger partial charge on any atom is 2.00 e. The van der Waals surface area contributed by atoms with Gasteiger partial charge in [0, 0.05) is 6.61 Å². The van der Waals surface area contributed by atoms with Gasteiger partial charge < -0.3 is 29.9 Å². The fourth-order valence-corrected chi connectivity index (χ4v) is 0. The molecular formula is C2H6Cl2OSn. The average molecular weight is 236 g/mol. The van der Waals surface area contributed by atoms with Gasteiger partial charge >= 0.3 is 23.9 Å². The Morgan fingerprint density at radius 1 is 1.33 bits per heavy atom. The summed E-state index contributed by atoms with van der Waals surface area (Å²) in [6, 6.07) is 0. The summed E-state index contributed by atoms with van der Waals surface area (Å²) in [5, 5.41) is 7.57. The molecule has 0 aromatic rings. The monoisotopic (exact) mass is 236 g/mol. The van der Waals surface area contributed by atoms with Gasteiger partial charge in [0.1, 0.15) is 0 Å². The van der Waals surface area contributed by atoms with Crippen LogP contribution in [0.2, 0.25) is 0 Å². The van der Waals surface area contributed by atoms with Crippen molar-refractivity contribution in [3.8, 4) is 0 Å². The molecule has 6 heavy (non-hydrogen) atoms. The summed E-state index contributed by atoms with van der Waals surface area (Å²) >= 11 is 0. The Morgan fingerprint density at radius 2 is 1.33 bits per heavy atom. The molecule has 0 saturated carbocycles. The number of halogens is 2. The van der Waals surface area contributed by atoms with Crippen molar-refractivity contribution >= 4 is 23.9 Å². The van der Waals surface area contributed by atoms with Gasteiger partial charge in [-0.3, -0.25) is 0 Å². The number of hydrogen-bond acceptors (Lipinski definition) is 1. The van der Waals surface area contributed by atoms with Gasteiger partial charge in [-0.1, -0.05) is 0 Å². The van der Waals surface area contributed by atoms with Crippen molar-refractivity contribution in [1.29, 1.82) is 0 Å². The van der Waals surface area contributed by atoms with E-state index in [1.165, 1.54) is 0 Å². The number of aliphatic hydroxyl groups is 1. The molecule has 0 atom stereocenters. The van der Waals surface area contributed by atoms with Crippen LogP contribution in [0.3, 0.4) is 0 Å². The summed E-state index contributed by atoms with van der Waals surface area (Å²) in [4.78, 5) is 0. The number of aliphatic hydroxyl groups excluding tert-OH is 1. The first-order valence-electron chi connectivity index (χ1n) is 1.02. The van der Waals surface area contributed by atoms with E-state index in [0.717, 1.165) is 0 Å². The van der Waals surface area contributed by atoms with Crippen LogP contribution < -0.4 is 24.8 Å². The second-order valence-electron chi connectivity index (χ2n) is 0.316. The third-order valence-corrected chi connectivity index (χ3v) is 0. The summed E-state index contributed by atoms with van der Waals surface area (Å²) in [5.41, 5.74) is 0. The molecule has 0 rings (SSSR count). The van der Waals surface area contributed by atoms with Gasteiger partial charge in [-0.15, -0.1) is 0 Å². The van der Waals surface area contributed by atoms with Crippen LogP contribution in [-0.4, -0.2) is 35.6 Å². The molecule has 0 aromatic carbocycles. The Bertz CT molecular complexity index is 11.5. The molecule has 0 aliphatic carbocycles. The molecule has 0 aliphatic heterocycles.